The standard InChI is InChI=1S/C34H36FN7O3S/c1-22-21-45-16-15-41(22)31(43)20-39-11-13-40(14-12-39)26-9-10-27-28(17-26)29(19-42(33(27)44)25-7-8-25)38(2)34-37-32(30(18-36)46-34)23-3-5-24(35)6-4-23/h3-6,9-10,17,19,22,25H,7-8,11-16,20-21H2,1-2H3/t22-/m1/s1. The van der Waals surface area contributed by atoms with Crippen LogP contribution in [0.1, 0.15) is 30.7 Å². The van der Waals surface area contributed by atoms with E-state index in [9.17, 15) is 19.2 Å². The predicted molar refractivity (Wildman–Crippen MR) is 177 cm³/mol. The lowest BCUT2D eigenvalue weighted by Gasteiger charge is -2.38. The summed E-state index contributed by atoms with van der Waals surface area (Å²) in [6.45, 7) is 7.31. The van der Waals surface area contributed by atoms with Gasteiger partial charge in [-0.1, -0.05) is 11.3 Å². The van der Waals surface area contributed by atoms with Gasteiger partial charge in [-0.05, 0) is 62.2 Å². The highest BCUT2D eigenvalue weighted by atomic mass is 32.1. The third-order valence-corrected chi connectivity index (χ3v) is 10.2. The molecule has 4 heterocycles. The lowest BCUT2D eigenvalue weighted by Crippen LogP contribution is -2.53. The maximum absolute atomic E-state index is 13.6. The highest BCUT2D eigenvalue weighted by Crippen LogP contribution is 2.40. The number of fused-ring (bicyclic) bond motifs is 1. The van der Waals surface area contributed by atoms with Gasteiger partial charge in [-0.3, -0.25) is 14.5 Å². The van der Waals surface area contributed by atoms with E-state index in [1.54, 1.807) is 12.1 Å². The van der Waals surface area contributed by atoms with Crippen LogP contribution in [0, 0.1) is 17.1 Å². The molecule has 238 valence electrons. The second-order valence-electron chi connectivity index (χ2n) is 12.3. The smallest absolute Gasteiger partial charge is 0.258 e. The number of carbonyl (C=O) groups excluding carboxylic acids is 1. The summed E-state index contributed by atoms with van der Waals surface area (Å²) in [4.78, 5) is 40.2. The second-order valence-corrected chi connectivity index (χ2v) is 13.3. The Morgan fingerprint density at radius 3 is 2.57 bits per heavy atom. The van der Waals surface area contributed by atoms with Crippen molar-refractivity contribution in [2.24, 2.45) is 0 Å². The Hall–Kier alpha value is -4.31. The summed E-state index contributed by atoms with van der Waals surface area (Å²) in [6, 6.07) is 14.5. The third-order valence-electron chi connectivity index (χ3n) is 9.21. The highest BCUT2D eigenvalue weighted by Gasteiger charge is 2.29. The van der Waals surface area contributed by atoms with Crippen LogP contribution in [0.2, 0.25) is 0 Å². The molecule has 1 amide bonds. The number of thiazole rings is 1. The first kappa shape index (κ1) is 30.3. The van der Waals surface area contributed by atoms with Crippen molar-refractivity contribution in [2.45, 2.75) is 31.8 Å². The Morgan fingerprint density at radius 2 is 1.87 bits per heavy atom. The topological polar surface area (TPSA) is 97.9 Å². The van der Waals surface area contributed by atoms with Gasteiger partial charge in [0.25, 0.3) is 5.56 Å². The summed E-state index contributed by atoms with van der Waals surface area (Å²) in [5.74, 6) is -0.198. The molecule has 2 saturated heterocycles. The number of rotatable bonds is 7. The number of anilines is 3. The van der Waals surface area contributed by atoms with Crippen molar-refractivity contribution in [2.75, 3.05) is 69.3 Å². The van der Waals surface area contributed by atoms with Crippen LogP contribution in [0.4, 0.5) is 20.9 Å². The summed E-state index contributed by atoms with van der Waals surface area (Å²) < 4.78 is 20.9. The summed E-state index contributed by atoms with van der Waals surface area (Å²) in [5, 5.41) is 12.0. The molecule has 0 bridgehead atoms. The van der Waals surface area contributed by atoms with E-state index in [1.165, 1.54) is 23.5 Å². The molecular formula is C34H36FN7O3S. The molecule has 0 radical (unpaired) electrons. The normalized spacial score (nSPS) is 19.0. The zero-order chi connectivity index (χ0) is 31.9. The van der Waals surface area contributed by atoms with E-state index in [1.807, 2.05) is 46.7 Å². The minimum absolute atomic E-state index is 0.00859. The summed E-state index contributed by atoms with van der Waals surface area (Å²) >= 11 is 1.27. The molecule has 1 saturated carbocycles. The van der Waals surface area contributed by atoms with Crippen LogP contribution in [-0.2, 0) is 9.53 Å². The number of pyridine rings is 1. The number of piperazine rings is 1. The first-order valence-electron chi connectivity index (χ1n) is 15.7. The fraction of sp³-hybridized carbons (Fsp3) is 0.412. The zero-order valence-corrected chi connectivity index (χ0v) is 26.8. The maximum Gasteiger partial charge on any atom is 0.258 e. The van der Waals surface area contributed by atoms with E-state index in [-0.39, 0.29) is 29.4 Å². The minimum Gasteiger partial charge on any atom is -0.377 e. The SMILES string of the molecule is C[C@@H]1COCCN1C(=O)CN1CCN(c2ccc3c(=O)n(C4CC4)cc(N(C)c4nc(-c5ccc(F)cc5)c(C#N)s4)c3c2)CC1. The highest BCUT2D eigenvalue weighted by molar-refractivity contribution is 7.16. The van der Waals surface area contributed by atoms with Gasteiger partial charge >= 0.3 is 0 Å². The van der Waals surface area contributed by atoms with Gasteiger partial charge in [-0.25, -0.2) is 9.37 Å². The van der Waals surface area contributed by atoms with Gasteiger partial charge in [0.2, 0.25) is 5.91 Å². The molecule has 10 nitrogen and oxygen atoms in total. The Kier molecular flexibility index (Phi) is 8.23. The average Bonchev–Trinajstić information content (AvgIpc) is 3.83. The minimum atomic E-state index is -0.350. The molecule has 3 aliphatic rings. The van der Waals surface area contributed by atoms with Crippen LogP contribution in [0.3, 0.4) is 0 Å². The van der Waals surface area contributed by atoms with Crippen molar-refractivity contribution in [3.05, 3.63) is 69.7 Å². The number of ether oxygens (including phenoxy) is 1. The van der Waals surface area contributed by atoms with Crippen LogP contribution in [0.25, 0.3) is 22.0 Å². The molecule has 0 spiro atoms. The molecule has 2 aromatic carbocycles. The summed E-state index contributed by atoms with van der Waals surface area (Å²) in [7, 11) is 1.91. The van der Waals surface area contributed by atoms with Gasteiger partial charge in [0, 0.05) is 74.0 Å². The molecule has 7 rings (SSSR count). The zero-order valence-electron chi connectivity index (χ0n) is 26.0. The Bertz CT molecular complexity index is 1870. The van der Waals surface area contributed by atoms with Crippen LogP contribution in [0.15, 0.2) is 53.5 Å². The number of aromatic nitrogens is 2. The van der Waals surface area contributed by atoms with E-state index >= 15 is 0 Å². The maximum atomic E-state index is 13.6. The van der Waals surface area contributed by atoms with E-state index < -0.39 is 0 Å². The number of halogens is 1. The van der Waals surface area contributed by atoms with E-state index in [4.69, 9.17) is 9.72 Å². The lowest BCUT2D eigenvalue weighted by atomic mass is 10.1. The first-order valence-corrected chi connectivity index (χ1v) is 16.6. The quantitative estimate of drug-likeness (QED) is 0.289. The predicted octanol–water partition coefficient (Wildman–Crippen LogP) is 4.61. The van der Waals surface area contributed by atoms with Crippen molar-refractivity contribution in [1.82, 2.24) is 19.4 Å². The fourth-order valence-electron chi connectivity index (χ4n) is 6.40. The van der Waals surface area contributed by atoms with E-state index in [2.05, 4.69) is 21.9 Å². The Morgan fingerprint density at radius 1 is 1.11 bits per heavy atom. The van der Waals surface area contributed by atoms with Gasteiger partial charge in [0.05, 0.1) is 31.5 Å². The monoisotopic (exact) mass is 641 g/mol. The molecule has 0 N–H and O–H groups in total. The van der Waals surface area contributed by atoms with Crippen LogP contribution in [0.5, 0.6) is 0 Å². The van der Waals surface area contributed by atoms with Crippen molar-refractivity contribution >= 4 is 44.5 Å². The molecule has 3 fully saturated rings. The van der Waals surface area contributed by atoms with Crippen molar-refractivity contribution in [3.63, 3.8) is 0 Å². The number of hydrogen-bond acceptors (Lipinski definition) is 9. The van der Waals surface area contributed by atoms with Gasteiger partial charge in [-0.15, -0.1) is 0 Å². The lowest BCUT2D eigenvalue weighted by molar-refractivity contribution is -0.140. The van der Waals surface area contributed by atoms with Crippen molar-refractivity contribution in [1.29, 1.82) is 5.26 Å². The molecule has 2 aliphatic heterocycles. The van der Waals surface area contributed by atoms with E-state index in [0.717, 1.165) is 55.8 Å². The fourth-order valence-corrected chi connectivity index (χ4v) is 7.26. The molecule has 12 heteroatoms. The van der Waals surface area contributed by atoms with Crippen molar-refractivity contribution < 1.29 is 13.9 Å². The molecule has 4 aromatic rings. The third kappa shape index (κ3) is 5.86. The molecule has 1 aliphatic carbocycles. The van der Waals surface area contributed by atoms with Gasteiger partial charge < -0.3 is 24.0 Å². The summed E-state index contributed by atoms with van der Waals surface area (Å²) in [5.41, 5.74) is 3.02. The Labute approximate surface area is 270 Å². The van der Waals surface area contributed by atoms with Crippen molar-refractivity contribution in [3.8, 4) is 17.3 Å². The van der Waals surface area contributed by atoms with Crippen LogP contribution in [-0.4, -0.2) is 90.8 Å². The molecule has 1 atom stereocenters. The van der Waals surface area contributed by atoms with Crippen LogP contribution < -0.4 is 15.4 Å². The number of amides is 1. The largest absolute Gasteiger partial charge is 0.377 e. The van der Waals surface area contributed by atoms with Gasteiger partial charge in [0.15, 0.2) is 5.13 Å². The molecule has 2 aromatic heterocycles. The number of nitrogens with zero attached hydrogens (tertiary/aromatic N) is 7. The second kappa shape index (κ2) is 12.5. The molecule has 46 heavy (non-hydrogen) atoms. The number of carbonyl (C=O) groups is 1. The number of benzene rings is 2. The van der Waals surface area contributed by atoms with Crippen LogP contribution >= 0.6 is 11.3 Å². The summed E-state index contributed by atoms with van der Waals surface area (Å²) in [6.07, 6.45) is 3.86. The van der Waals surface area contributed by atoms with E-state index in [0.29, 0.717) is 53.0 Å². The van der Waals surface area contributed by atoms with Gasteiger partial charge in [-0.2, -0.15) is 5.26 Å². The first-order chi connectivity index (χ1) is 22.3. The Balaban J connectivity index is 1.16. The number of hydrogen-bond donors (Lipinski definition) is 0. The van der Waals surface area contributed by atoms with Gasteiger partial charge in [0.1, 0.15) is 22.5 Å². The molecular weight excluding hydrogens is 605 g/mol. The number of morpholine rings is 1. The number of nitriles is 1. The molecule has 0 unspecified atom stereocenters. The average molecular weight is 642 g/mol.